The Hall–Kier alpha value is -2.38. The van der Waals surface area contributed by atoms with E-state index < -0.39 is 5.97 Å². The van der Waals surface area contributed by atoms with Gasteiger partial charge in [-0.2, -0.15) is 0 Å². The number of methoxy groups -OCH3 is 1. The Labute approximate surface area is 164 Å². The molecule has 2 aromatic rings. The first-order valence-electron chi connectivity index (χ1n) is 9.63. The predicted molar refractivity (Wildman–Crippen MR) is 106 cm³/mol. The molecular formula is C21H28N2O5. The van der Waals surface area contributed by atoms with Crippen LogP contribution in [0.5, 0.6) is 0 Å². The Balaban J connectivity index is 1.95. The summed E-state index contributed by atoms with van der Waals surface area (Å²) in [6, 6.07) is 5.52. The van der Waals surface area contributed by atoms with E-state index in [0.29, 0.717) is 38.2 Å². The van der Waals surface area contributed by atoms with Crippen LogP contribution in [0.1, 0.15) is 34.5 Å². The second-order valence-electron chi connectivity index (χ2n) is 7.26. The van der Waals surface area contributed by atoms with Crippen LogP contribution in [-0.4, -0.2) is 66.0 Å². The van der Waals surface area contributed by atoms with E-state index in [1.807, 2.05) is 19.1 Å². The molecule has 1 aliphatic rings. The maximum atomic E-state index is 13.2. The van der Waals surface area contributed by atoms with Gasteiger partial charge in [-0.05, 0) is 50.5 Å². The van der Waals surface area contributed by atoms with E-state index in [4.69, 9.17) is 9.47 Å². The van der Waals surface area contributed by atoms with E-state index >= 15 is 0 Å². The number of carboxylic acid groups (broad SMARTS) is 1. The highest BCUT2D eigenvalue weighted by Crippen LogP contribution is 2.27. The van der Waals surface area contributed by atoms with Crippen molar-refractivity contribution in [2.75, 3.05) is 33.5 Å². The fourth-order valence-corrected chi connectivity index (χ4v) is 3.93. The van der Waals surface area contributed by atoms with Crippen LogP contribution in [0.2, 0.25) is 0 Å². The smallest absolute Gasteiger partial charge is 0.323 e. The molecule has 7 nitrogen and oxygen atoms in total. The number of hydrogen-bond acceptors (Lipinski definition) is 4. The van der Waals surface area contributed by atoms with Crippen molar-refractivity contribution >= 4 is 22.8 Å². The van der Waals surface area contributed by atoms with Gasteiger partial charge in [0, 0.05) is 55.1 Å². The van der Waals surface area contributed by atoms with Crippen molar-refractivity contribution in [1.82, 2.24) is 9.47 Å². The molecule has 28 heavy (non-hydrogen) atoms. The van der Waals surface area contributed by atoms with Crippen LogP contribution in [0, 0.1) is 13.8 Å². The van der Waals surface area contributed by atoms with E-state index in [1.165, 1.54) is 4.90 Å². The number of carbonyl (C=O) groups excluding carboxylic acids is 1. The summed E-state index contributed by atoms with van der Waals surface area (Å²) in [6.45, 7) is 6.26. The summed E-state index contributed by atoms with van der Waals surface area (Å²) in [4.78, 5) is 26.0. The molecule has 1 aromatic carbocycles. The molecule has 1 N–H and O–H groups in total. The van der Waals surface area contributed by atoms with Gasteiger partial charge in [0.15, 0.2) is 0 Å². The van der Waals surface area contributed by atoms with Gasteiger partial charge < -0.3 is 24.0 Å². The molecular weight excluding hydrogens is 360 g/mol. The van der Waals surface area contributed by atoms with E-state index in [9.17, 15) is 14.7 Å². The van der Waals surface area contributed by atoms with E-state index in [-0.39, 0.29) is 18.5 Å². The minimum absolute atomic E-state index is 0.109. The van der Waals surface area contributed by atoms with Crippen LogP contribution < -0.4 is 0 Å². The highest BCUT2D eigenvalue weighted by Gasteiger charge is 2.28. The van der Waals surface area contributed by atoms with Gasteiger partial charge in [0.25, 0.3) is 5.91 Å². The molecule has 0 aliphatic carbocycles. The molecule has 3 rings (SSSR count). The third-order valence-electron chi connectivity index (χ3n) is 5.60. The standard InChI is InChI=1S/C21H28N2O5/c1-14-15(2)22(8-11-27-3)19-5-4-16(12-18(14)19)21(26)23(13-20(24)25)17-6-9-28-10-7-17/h4-5,12,17H,6-11,13H2,1-3H3,(H,24,25). The Morgan fingerprint density at radius 3 is 2.64 bits per heavy atom. The van der Waals surface area contributed by atoms with E-state index in [2.05, 4.69) is 11.5 Å². The average molecular weight is 388 g/mol. The van der Waals surface area contributed by atoms with E-state index in [1.54, 1.807) is 13.2 Å². The van der Waals surface area contributed by atoms with Crippen molar-refractivity contribution in [2.24, 2.45) is 0 Å². The molecule has 1 aliphatic heterocycles. The lowest BCUT2D eigenvalue weighted by Crippen LogP contribution is -2.46. The number of carboxylic acids is 1. The molecule has 0 radical (unpaired) electrons. The van der Waals surface area contributed by atoms with Gasteiger partial charge in [-0.1, -0.05) is 0 Å². The number of rotatable bonds is 7. The van der Waals surface area contributed by atoms with Crippen LogP contribution in [-0.2, 0) is 20.8 Å². The number of nitrogens with zero attached hydrogens (tertiary/aromatic N) is 2. The largest absolute Gasteiger partial charge is 0.480 e. The third kappa shape index (κ3) is 4.05. The summed E-state index contributed by atoms with van der Waals surface area (Å²) in [5, 5.41) is 10.3. The van der Waals surface area contributed by atoms with Crippen molar-refractivity contribution in [3.63, 3.8) is 0 Å². The Morgan fingerprint density at radius 2 is 2.00 bits per heavy atom. The Morgan fingerprint density at radius 1 is 1.29 bits per heavy atom. The fourth-order valence-electron chi connectivity index (χ4n) is 3.93. The van der Waals surface area contributed by atoms with Crippen LogP contribution in [0.15, 0.2) is 18.2 Å². The normalized spacial score (nSPS) is 15.1. The molecule has 0 spiro atoms. The molecule has 2 heterocycles. The zero-order valence-corrected chi connectivity index (χ0v) is 16.7. The molecule has 0 atom stereocenters. The Bertz CT molecular complexity index is 867. The van der Waals surface area contributed by atoms with Gasteiger partial charge in [0.05, 0.1) is 6.61 Å². The van der Waals surface area contributed by atoms with Crippen molar-refractivity contribution in [2.45, 2.75) is 39.3 Å². The molecule has 0 saturated carbocycles. The Kier molecular flexibility index (Phi) is 6.36. The van der Waals surface area contributed by atoms with Gasteiger partial charge in [0.2, 0.25) is 0 Å². The van der Waals surface area contributed by atoms with Gasteiger partial charge >= 0.3 is 5.97 Å². The van der Waals surface area contributed by atoms with Crippen molar-refractivity contribution in [3.05, 3.63) is 35.0 Å². The summed E-state index contributed by atoms with van der Waals surface area (Å²) < 4.78 is 12.8. The average Bonchev–Trinajstić information content (AvgIpc) is 2.94. The lowest BCUT2D eigenvalue weighted by atomic mass is 10.0. The molecule has 1 aromatic heterocycles. The lowest BCUT2D eigenvalue weighted by Gasteiger charge is -2.33. The SMILES string of the molecule is COCCn1c(C)c(C)c2cc(C(=O)N(CC(=O)O)C3CCOCC3)ccc21. The zero-order chi connectivity index (χ0) is 20.3. The topological polar surface area (TPSA) is 81.0 Å². The lowest BCUT2D eigenvalue weighted by molar-refractivity contribution is -0.138. The first-order chi connectivity index (χ1) is 13.4. The molecule has 1 fully saturated rings. The second-order valence-corrected chi connectivity index (χ2v) is 7.26. The van der Waals surface area contributed by atoms with Gasteiger partial charge in [-0.3, -0.25) is 9.59 Å². The zero-order valence-electron chi connectivity index (χ0n) is 16.7. The van der Waals surface area contributed by atoms with Gasteiger partial charge in [-0.25, -0.2) is 0 Å². The van der Waals surface area contributed by atoms with Gasteiger partial charge in [-0.15, -0.1) is 0 Å². The number of amides is 1. The molecule has 0 unspecified atom stereocenters. The number of aliphatic carboxylic acids is 1. The number of aryl methyl sites for hydroxylation is 1. The van der Waals surface area contributed by atoms with Crippen molar-refractivity contribution in [3.8, 4) is 0 Å². The number of ether oxygens (including phenoxy) is 2. The van der Waals surface area contributed by atoms with Gasteiger partial charge in [0.1, 0.15) is 6.54 Å². The first kappa shape index (κ1) is 20.4. The number of fused-ring (bicyclic) bond motifs is 1. The maximum absolute atomic E-state index is 13.2. The first-order valence-corrected chi connectivity index (χ1v) is 9.63. The maximum Gasteiger partial charge on any atom is 0.323 e. The molecule has 152 valence electrons. The van der Waals surface area contributed by atoms with Crippen LogP contribution in [0.25, 0.3) is 10.9 Å². The minimum atomic E-state index is -1.00. The molecule has 1 saturated heterocycles. The molecule has 0 bridgehead atoms. The highest BCUT2D eigenvalue weighted by atomic mass is 16.5. The van der Waals surface area contributed by atoms with Crippen LogP contribution >= 0.6 is 0 Å². The number of carbonyl (C=O) groups is 2. The number of hydrogen-bond donors (Lipinski definition) is 1. The van der Waals surface area contributed by atoms with E-state index in [0.717, 1.165) is 28.7 Å². The summed E-state index contributed by atoms with van der Waals surface area (Å²) in [5.74, 6) is -1.24. The van der Waals surface area contributed by atoms with Crippen LogP contribution in [0.4, 0.5) is 0 Å². The summed E-state index contributed by atoms with van der Waals surface area (Å²) in [5.41, 5.74) is 3.84. The monoisotopic (exact) mass is 388 g/mol. The minimum Gasteiger partial charge on any atom is -0.480 e. The second kappa shape index (κ2) is 8.75. The number of benzene rings is 1. The fraction of sp³-hybridized carbons (Fsp3) is 0.524. The summed E-state index contributed by atoms with van der Waals surface area (Å²) in [7, 11) is 1.68. The highest BCUT2D eigenvalue weighted by molar-refractivity contribution is 6.00. The van der Waals surface area contributed by atoms with Crippen molar-refractivity contribution in [1.29, 1.82) is 0 Å². The number of aromatic nitrogens is 1. The molecule has 1 amide bonds. The third-order valence-corrected chi connectivity index (χ3v) is 5.60. The molecule has 7 heteroatoms. The predicted octanol–water partition coefficient (Wildman–Crippen LogP) is 2.61. The van der Waals surface area contributed by atoms with Crippen LogP contribution in [0.3, 0.4) is 0 Å². The van der Waals surface area contributed by atoms with Crippen molar-refractivity contribution < 1.29 is 24.2 Å². The summed E-state index contributed by atoms with van der Waals surface area (Å²) in [6.07, 6.45) is 1.32. The summed E-state index contributed by atoms with van der Waals surface area (Å²) >= 11 is 0. The quantitative estimate of drug-likeness (QED) is 0.789.